The molecule has 0 saturated carbocycles. The average Bonchev–Trinajstić information content (AvgIpc) is 2.04. The molecule has 0 unspecified atom stereocenters. The summed E-state index contributed by atoms with van der Waals surface area (Å²) in [5.74, 6) is -0.751. The molecule has 1 aliphatic rings. The second kappa shape index (κ2) is 4.21. The number of hydrogen-bond donors (Lipinski definition) is 1. The van der Waals surface area contributed by atoms with Gasteiger partial charge in [0.2, 0.25) is 0 Å². The van der Waals surface area contributed by atoms with Crippen LogP contribution in [0.2, 0.25) is 0 Å². The highest BCUT2D eigenvalue weighted by Crippen LogP contribution is 2.35. The molecule has 0 saturated heterocycles. The number of carbonyl (C=O) groups is 1. The van der Waals surface area contributed by atoms with E-state index in [1.807, 2.05) is 6.92 Å². The van der Waals surface area contributed by atoms with Crippen molar-refractivity contribution in [2.45, 2.75) is 13.3 Å². The predicted octanol–water partition coefficient (Wildman–Crippen LogP) is 1.75. The zero-order valence-corrected chi connectivity index (χ0v) is 9.27. The van der Waals surface area contributed by atoms with Crippen molar-refractivity contribution in [1.82, 2.24) is 4.67 Å². The van der Waals surface area contributed by atoms with E-state index in [0.29, 0.717) is 12.1 Å². The van der Waals surface area contributed by atoms with Crippen LogP contribution in [0.25, 0.3) is 0 Å². The molecule has 0 spiro atoms. The van der Waals surface area contributed by atoms with Crippen molar-refractivity contribution in [3.63, 3.8) is 0 Å². The lowest BCUT2D eigenvalue weighted by Gasteiger charge is -2.31. The molecule has 1 heterocycles. The largest absolute Gasteiger partial charge is 0.478 e. The first-order chi connectivity index (χ1) is 6.02. The third-order valence-electron chi connectivity index (χ3n) is 2.42. The molecular weight excluding hydrogens is 185 g/mol. The van der Waals surface area contributed by atoms with E-state index in [4.69, 9.17) is 5.11 Å². The Bertz CT molecular complexity index is 248. The molecule has 0 aromatic rings. The van der Waals surface area contributed by atoms with Gasteiger partial charge < -0.3 is 5.11 Å². The molecule has 0 aliphatic carbocycles. The van der Waals surface area contributed by atoms with Gasteiger partial charge in [0.05, 0.1) is 5.57 Å². The molecule has 0 aromatic carbocycles. The van der Waals surface area contributed by atoms with Gasteiger partial charge in [-0.3, -0.25) is 4.67 Å². The van der Waals surface area contributed by atoms with Gasteiger partial charge in [0, 0.05) is 13.1 Å². The third kappa shape index (κ3) is 2.52. The summed E-state index contributed by atoms with van der Waals surface area (Å²) in [5.41, 5.74) is 1.64. The highest BCUT2D eigenvalue weighted by atomic mass is 31.1. The van der Waals surface area contributed by atoms with Gasteiger partial charge in [-0.1, -0.05) is 5.57 Å². The van der Waals surface area contributed by atoms with Gasteiger partial charge in [0.1, 0.15) is 0 Å². The summed E-state index contributed by atoms with van der Waals surface area (Å²) in [6, 6.07) is 0. The Morgan fingerprint density at radius 2 is 2.15 bits per heavy atom. The van der Waals surface area contributed by atoms with Gasteiger partial charge in [-0.15, -0.1) is 0 Å². The van der Waals surface area contributed by atoms with Crippen molar-refractivity contribution in [1.29, 1.82) is 0 Å². The van der Waals surface area contributed by atoms with Crippen molar-refractivity contribution >= 4 is 14.0 Å². The Balaban J connectivity index is 2.76. The molecule has 13 heavy (non-hydrogen) atoms. The van der Waals surface area contributed by atoms with Gasteiger partial charge in [0.25, 0.3) is 0 Å². The number of aliphatic carboxylic acids is 1. The minimum atomic E-state index is -0.751. The van der Waals surface area contributed by atoms with Crippen LogP contribution in [0.1, 0.15) is 13.3 Å². The van der Waals surface area contributed by atoms with Crippen molar-refractivity contribution < 1.29 is 9.90 Å². The first-order valence-electron chi connectivity index (χ1n) is 4.36. The van der Waals surface area contributed by atoms with Crippen LogP contribution in [0.5, 0.6) is 0 Å². The summed E-state index contributed by atoms with van der Waals surface area (Å²) >= 11 is 0. The SMILES string of the molecule is CC1=C(C(=O)O)CN(P(C)C)CC1. The van der Waals surface area contributed by atoms with Crippen molar-refractivity contribution in [2.75, 3.05) is 26.4 Å². The molecule has 0 bridgehead atoms. The Hall–Kier alpha value is -0.400. The Morgan fingerprint density at radius 3 is 2.62 bits per heavy atom. The van der Waals surface area contributed by atoms with Crippen molar-refractivity contribution in [2.24, 2.45) is 0 Å². The maximum atomic E-state index is 10.9. The van der Waals surface area contributed by atoms with E-state index in [-0.39, 0.29) is 8.07 Å². The highest BCUT2D eigenvalue weighted by Gasteiger charge is 2.22. The van der Waals surface area contributed by atoms with E-state index in [0.717, 1.165) is 18.5 Å². The lowest BCUT2D eigenvalue weighted by Crippen LogP contribution is -2.29. The number of rotatable bonds is 2. The molecule has 0 radical (unpaired) electrons. The normalized spacial score (nSPS) is 19.7. The predicted molar refractivity (Wildman–Crippen MR) is 55.3 cm³/mol. The third-order valence-corrected chi connectivity index (χ3v) is 3.90. The number of nitrogens with zero attached hydrogens (tertiary/aromatic N) is 1. The van der Waals surface area contributed by atoms with E-state index in [2.05, 4.69) is 18.0 Å². The first kappa shape index (κ1) is 10.7. The lowest BCUT2D eigenvalue weighted by molar-refractivity contribution is -0.133. The Labute approximate surface area is 80.2 Å². The summed E-state index contributed by atoms with van der Waals surface area (Å²) in [6.45, 7) is 7.89. The zero-order valence-electron chi connectivity index (χ0n) is 8.37. The van der Waals surface area contributed by atoms with Gasteiger partial charge >= 0.3 is 5.97 Å². The van der Waals surface area contributed by atoms with Gasteiger partial charge in [0.15, 0.2) is 0 Å². The van der Waals surface area contributed by atoms with Crippen molar-refractivity contribution in [3.8, 4) is 0 Å². The standard InChI is InChI=1S/C9H16NO2P/c1-7-4-5-10(13(2)3)6-8(7)9(11)12/h4-6H2,1-3H3,(H,11,12). The first-order valence-corrected chi connectivity index (χ1v) is 6.55. The Kier molecular flexibility index (Phi) is 3.46. The monoisotopic (exact) mass is 201 g/mol. The van der Waals surface area contributed by atoms with Crippen LogP contribution in [0, 0.1) is 0 Å². The molecule has 0 amide bonds. The number of hydrogen-bond acceptors (Lipinski definition) is 2. The minimum absolute atomic E-state index is 0.153. The summed E-state index contributed by atoms with van der Waals surface area (Å²) in [5, 5.41) is 8.93. The van der Waals surface area contributed by atoms with Gasteiger partial charge in [-0.2, -0.15) is 0 Å². The molecule has 1 rings (SSSR count). The zero-order chi connectivity index (χ0) is 10.0. The van der Waals surface area contributed by atoms with Crippen LogP contribution in [0.3, 0.4) is 0 Å². The lowest BCUT2D eigenvalue weighted by atomic mass is 10.0. The van der Waals surface area contributed by atoms with Crippen LogP contribution < -0.4 is 0 Å². The molecule has 0 fully saturated rings. The van der Waals surface area contributed by atoms with E-state index in [9.17, 15) is 4.79 Å². The van der Waals surface area contributed by atoms with Crippen molar-refractivity contribution in [3.05, 3.63) is 11.1 Å². The quantitative estimate of drug-likeness (QED) is 0.692. The molecule has 1 N–H and O–H groups in total. The smallest absolute Gasteiger partial charge is 0.332 e. The van der Waals surface area contributed by atoms with E-state index < -0.39 is 5.97 Å². The van der Waals surface area contributed by atoms with Crippen LogP contribution in [0.15, 0.2) is 11.1 Å². The van der Waals surface area contributed by atoms with Crippen LogP contribution in [-0.2, 0) is 4.79 Å². The minimum Gasteiger partial charge on any atom is -0.478 e. The molecule has 0 atom stereocenters. The topological polar surface area (TPSA) is 40.5 Å². The molecular formula is C9H16NO2P. The molecule has 1 aliphatic heterocycles. The fourth-order valence-electron chi connectivity index (χ4n) is 1.44. The fraction of sp³-hybridized carbons (Fsp3) is 0.667. The number of carboxylic acid groups (broad SMARTS) is 1. The van der Waals surface area contributed by atoms with Crippen LogP contribution >= 0.6 is 8.07 Å². The highest BCUT2D eigenvalue weighted by molar-refractivity contribution is 7.53. The Morgan fingerprint density at radius 1 is 1.54 bits per heavy atom. The maximum Gasteiger partial charge on any atom is 0.332 e. The second-order valence-electron chi connectivity index (χ2n) is 3.55. The van der Waals surface area contributed by atoms with Crippen LogP contribution in [0.4, 0.5) is 0 Å². The van der Waals surface area contributed by atoms with E-state index in [1.54, 1.807) is 0 Å². The fourth-order valence-corrected chi connectivity index (χ4v) is 2.36. The van der Waals surface area contributed by atoms with E-state index >= 15 is 0 Å². The van der Waals surface area contributed by atoms with Crippen LogP contribution in [-0.4, -0.2) is 42.2 Å². The second-order valence-corrected chi connectivity index (χ2v) is 5.81. The summed E-state index contributed by atoms with van der Waals surface area (Å²) in [4.78, 5) is 10.9. The molecule has 4 heteroatoms. The average molecular weight is 201 g/mol. The summed E-state index contributed by atoms with van der Waals surface area (Å²) in [6.07, 6.45) is 0.905. The van der Waals surface area contributed by atoms with Gasteiger partial charge in [-0.05, 0) is 34.7 Å². The summed E-state index contributed by atoms with van der Waals surface area (Å²) in [7, 11) is -0.153. The molecule has 3 nitrogen and oxygen atoms in total. The van der Waals surface area contributed by atoms with E-state index in [1.165, 1.54) is 0 Å². The maximum absolute atomic E-state index is 10.9. The molecule has 0 aromatic heterocycles. The molecule has 74 valence electrons. The van der Waals surface area contributed by atoms with Gasteiger partial charge in [-0.25, -0.2) is 4.79 Å². The number of carboxylic acids is 1. The summed E-state index contributed by atoms with van der Waals surface area (Å²) < 4.78 is 2.26.